The Bertz CT molecular complexity index is 165. The van der Waals surface area contributed by atoms with E-state index in [1.54, 1.807) is 0 Å². The highest BCUT2D eigenvalue weighted by atomic mass is 15.2. The molecule has 2 fully saturated rings. The lowest BCUT2D eigenvalue weighted by Gasteiger charge is -2.41. The van der Waals surface area contributed by atoms with E-state index in [4.69, 9.17) is 0 Å². The molecule has 2 aliphatic rings. The lowest BCUT2D eigenvalue weighted by atomic mass is 9.84. The summed E-state index contributed by atoms with van der Waals surface area (Å²) in [5.41, 5.74) is 0. The Morgan fingerprint density at radius 1 is 1.31 bits per heavy atom. The second kappa shape index (κ2) is 3.97. The average molecular weight is 182 g/mol. The summed E-state index contributed by atoms with van der Waals surface area (Å²) in [7, 11) is 0. The third kappa shape index (κ3) is 2.23. The Labute approximate surface area is 81.7 Å². The van der Waals surface area contributed by atoms with Crippen LogP contribution >= 0.6 is 0 Å². The molecule has 1 N–H and O–H groups in total. The van der Waals surface area contributed by atoms with Gasteiger partial charge >= 0.3 is 0 Å². The van der Waals surface area contributed by atoms with Crippen LogP contribution in [0.4, 0.5) is 0 Å². The van der Waals surface area contributed by atoms with Gasteiger partial charge in [-0.15, -0.1) is 0 Å². The standard InChI is InChI=1S/C11H22N2/c1-9-7-13(10(2)6-12-9)8-11-4-3-5-11/h9-12H,3-8H2,1-2H3. The molecule has 0 bridgehead atoms. The van der Waals surface area contributed by atoms with Crippen LogP contribution in [0.25, 0.3) is 0 Å². The zero-order valence-electron chi connectivity index (χ0n) is 8.92. The molecule has 0 aromatic rings. The van der Waals surface area contributed by atoms with Crippen LogP contribution in [0, 0.1) is 5.92 Å². The van der Waals surface area contributed by atoms with E-state index in [1.807, 2.05) is 0 Å². The molecule has 76 valence electrons. The summed E-state index contributed by atoms with van der Waals surface area (Å²) in [4.78, 5) is 2.67. The van der Waals surface area contributed by atoms with Crippen molar-refractivity contribution in [3.63, 3.8) is 0 Å². The monoisotopic (exact) mass is 182 g/mol. The van der Waals surface area contributed by atoms with E-state index < -0.39 is 0 Å². The van der Waals surface area contributed by atoms with Crippen molar-refractivity contribution in [2.75, 3.05) is 19.6 Å². The molecule has 0 aromatic carbocycles. The number of hydrogen-bond acceptors (Lipinski definition) is 2. The predicted molar refractivity (Wildman–Crippen MR) is 55.8 cm³/mol. The molecule has 2 atom stereocenters. The van der Waals surface area contributed by atoms with E-state index in [1.165, 1.54) is 38.9 Å². The summed E-state index contributed by atoms with van der Waals surface area (Å²) < 4.78 is 0. The molecule has 0 spiro atoms. The number of nitrogens with zero attached hydrogens (tertiary/aromatic N) is 1. The van der Waals surface area contributed by atoms with Crippen LogP contribution in [0.5, 0.6) is 0 Å². The van der Waals surface area contributed by atoms with Crippen molar-refractivity contribution < 1.29 is 0 Å². The minimum atomic E-state index is 0.691. The second-order valence-corrected chi connectivity index (χ2v) is 4.91. The van der Waals surface area contributed by atoms with Gasteiger partial charge in [-0.3, -0.25) is 4.90 Å². The van der Waals surface area contributed by atoms with Crippen LogP contribution in [0.3, 0.4) is 0 Å². The molecule has 2 unspecified atom stereocenters. The first-order valence-electron chi connectivity index (χ1n) is 5.73. The Morgan fingerprint density at radius 2 is 2.08 bits per heavy atom. The first-order valence-corrected chi connectivity index (χ1v) is 5.73. The lowest BCUT2D eigenvalue weighted by molar-refractivity contribution is 0.101. The Kier molecular flexibility index (Phi) is 2.89. The summed E-state index contributed by atoms with van der Waals surface area (Å²) >= 11 is 0. The molecule has 1 aliphatic heterocycles. The summed E-state index contributed by atoms with van der Waals surface area (Å²) in [5.74, 6) is 1.02. The summed E-state index contributed by atoms with van der Waals surface area (Å²) in [6, 6.07) is 1.44. The van der Waals surface area contributed by atoms with Gasteiger partial charge in [0.15, 0.2) is 0 Å². The Balaban J connectivity index is 1.80. The summed E-state index contributed by atoms with van der Waals surface area (Å²) in [6.45, 7) is 8.41. The molecule has 1 saturated heterocycles. The number of piperazine rings is 1. The maximum atomic E-state index is 3.53. The van der Waals surface area contributed by atoms with Gasteiger partial charge in [0.25, 0.3) is 0 Å². The van der Waals surface area contributed by atoms with Crippen molar-refractivity contribution in [1.82, 2.24) is 10.2 Å². The van der Waals surface area contributed by atoms with Crippen LogP contribution in [0.15, 0.2) is 0 Å². The molecule has 1 heterocycles. The van der Waals surface area contributed by atoms with Crippen LogP contribution in [-0.2, 0) is 0 Å². The first kappa shape index (κ1) is 9.47. The Hall–Kier alpha value is -0.0800. The van der Waals surface area contributed by atoms with Gasteiger partial charge in [-0.1, -0.05) is 6.42 Å². The largest absolute Gasteiger partial charge is 0.311 e. The number of rotatable bonds is 2. The third-order valence-corrected chi connectivity index (χ3v) is 3.61. The third-order valence-electron chi connectivity index (χ3n) is 3.61. The van der Waals surface area contributed by atoms with Gasteiger partial charge in [-0.25, -0.2) is 0 Å². The molecule has 13 heavy (non-hydrogen) atoms. The smallest absolute Gasteiger partial charge is 0.0193 e. The normalized spacial score (nSPS) is 37.4. The molecule has 0 aromatic heterocycles. The maximum Gasteiger partial charge on any atom is 0.0193 e. The summed E-state index contributed by atoms with van der Waals surface area (Å²) in [6.07, 6.45) is 4.43. The molecular formula is C11H22N2. The molecule has 0 radical (unpaired) electrons. The van der Waals surface area contributed by atoms with E-state index in [-0.39, 0.29) is 0 Å². The van der Waals surface area contributed by atoms with E-state index >= 15 is 0 Å². The van der Waals surface area contributed by atoms with Gasteiger partial charge in [0, 0.05) is 31.7 Å². The molecule has 1 saturated carbocycles. The number of nitrogens with one attached hydrogen (secondary N) is 1. The fourth-order valence-corrected chi connectivity index (χ4v) is 2.36. The Morgan fingerprint density at radius 3 is 2.69 bits per heavy atom. The molecule has 2 heteroatoms. The van der Waals surface area contributed by atoms with E-state index in [0.29, 0.717) is 6.04 Å². The molecule has 2 nitrogen and oxygen atoms in total. The number of hydrogen-bond donors (Lipinski definition) is 1. The van der Waals surface area contributed by atoms with Gasteiger partial charge in [-0.05, 0) is 32.6 Å². The fourth-order valence-electron chi connectivity index (χ4n) is 2.36. The van der Waals surface area contributed by atoms with Crippen molar-refractivity contribution in [2.24, 2.45) is 5.92 Å². The van der Waals surface area contributed by atoms with Gasteiger partial charge in [0.1, 0.15) is 0 Å². The lowest BCUT2D eigenvalue weighted by Crippen LogP contribution is -2.55. The minimum Gasteiger partial charge on any atom is -0.311 e. The van der Waals surface area contributed by atoms with Crippen molar-refractivity contribution in [3.8, 4) is 0 Å². The predicted octanol–water partition coefficient (Wildman–Crippen LogP) is 1.47. The van der Waals surface area contributed by atoms with Gasteiger partial charge in [-0.2, -0.15) is 0 Å². The van der Waals surface area contributed by atoms with Crippen LogP contribution < -0.4 is 5.32 Å². The van der Waals surface area contributed by atoms with Crippen molar-refractivity contribution in [3.05, 3.63) is 0 Å². The quantitative estimate of drug-likeness (QED) is 0.695. The summed E-state index contributed by atoms with van der Waals surface area (Å²) in [5, 5.41) is 3.53. The molecule has 0 amide bonds. The van der Waals surface area contributed by atoms with Gasteiger partial charge < -0.3 is 5.32 Å². The van der Waals surface area contributed by atoms with E-state index in [2.05, 4.69) is 24.1 Å². The van der Waals surface area contributed by atoms with Crippen molar-refractivity contribution >= 4 is 0 Å². The van der Waals surface area contributed by atoms with Gasteiger partial charge in [0.05, 0.1) is 0 Å². The maximum absolute atomic E-state index is 3.53. The van der Waals surface area contributed by atoms with E-state index in [9.17, 15) is 0 Å². The highest BCUT2D eigenvalue weighted by Gasteiger charge is 2.26. The highest BCUT2D eigenvalue weighted by Crippen LogP contribution is 2.28. The fraction of sp³-hybridized carbons (Fsp3) is 1.00. The van der Waals surface area contributed by atoms with Crippen molar-refractivity contribution in [2.45, 2.75) is 45.2 Å². The average Bonchev–Trinajstić information content (AvgIpc) is 2.03. The highest BCUT2D eigenvalue weighted by molar-refractivity contribution is 4.84. The van der Waals surface area contributed by atoms with Crippen LogP contribution in [-0.4, -0.2) is 36.6 Å². The van der Waals surface area contributed by atoms with Crippen LogP contribution in [0.2, 0.25) is 0 Å². The molecule has 2 rings (SSSR count). The topological polar surface area (TPSA) is 15.3 Å². The minimum absolute atomic E-state index is 0.691. The molecular weight excluding hydrogens is 160 g/mol. The van der Waals surface area contributed by atoms with Crippen molar-refractivity contribution in [1.29, 1.82) is 0 Å². The van der Waals surface area contributed by atoms with Crippen LogP contribution in [0.1, 0.15) is 33.1 Å². The molecule has 1 aliphatic carbocycles. The van der Waals surface area contributed by atoms with E-state index in [0.717, 1.165) is 12.0 Å². The zero-order chi connectivity index (χ0) is 9.26. The first-order chi connectivity index (χ1) is 6.25. The van der Waals surface area contributed by atoms with Gasteiger partial charge in [0.2, 0.25) is 0 Å². The SMILES string of the molecule is CC1CN(CC2CCC2)C(C)CN1. The zero-order valence-corrected chi connectivity index (χ0v) is 8.92. The second-order valence-electron chi connectivity index (χ2n) is 4.91.